The maximum atomic E-state index is 12.5. The zero-order valence-corrected chi connectivity index (χ0v) is 18.6. The Kier molecular flexibility index (Phi) is 7.25. The van der Waals surface area contributed by atoms with Gasteiger partial charge in [-0.1, -0.05) is 18.2 Å². The molecule has 2 amide bonds. The number of para-hydroxylation sites is 1. The van der Waals surface area contributed by atoms with E-state index < -0.39 is 5.91 Å². The number of anilines is 2. The van der Waals surface area contributed by atoms with Gasteiger partial charge in [0.1, 0.15) is 23.9 Å². The fraction of sp³-hybridized carbons (Fsp3) is 0.111. The van der Waals surface area contributed by atoms with E-state index in [4.69, 9.17) is 13.9 Å². The van der Waals surface area contributed by atoms with Gasteiger partial charge in [-0.3, -0.25) is 9.59 Å². The molecule has 0 bridgehead atoms. The zero-order valence-electron chi connectivity index (χ0n) is 18.6. The quantitative estimate of drug-likeness (QED) is 0.334. The van der Waals surface area contributed by atoms with E-state index in [1.54, 1.807) is 60.7 Å². The average molecular weight is 456 g/mol. The van der Waals surface area contributed by atoms with Crippen molar-refractivity contribution in [3.8, 4) is 11.5 Å². The number of carbonyl (C=O) groups is 2. The number of ether oxygens (including phenoxy) is 2. The number of nitrogens with one attached hydrogen (secondary N) is 2. The molecule has 0 fully saturated rings. The molecule has 0 atom stereocenters. The van der Waals surface area contributed by atoms with Gasteiger partial charge in [0.05, 0.1) is 6.61 Å². The Morgan fingerprint density at radius 1 is 0.706 bits per heavy atom. The van der Waals surface area contributed by atoms with Gasteiger partial charge in [0.25, 0.3) is 11.8 Å². The summed E-state index contributed by atoms with van der Waals surface area (Å²) in [5.74, 6) is 1.53. The van der Waals surface area contributed by atoms with Crippen LogP contribution in [-0.4, -0.2) is 18.4 Å². The second-order valence-corrected chi connectivity index (χ2v) is 7.31. The Morgan fingerprint density at radius 2 is 1.32 bits per heavy atom. The molecule has 4 aromatic rings. The average Bonchev–Trinajstić information content (AvgIpc) is 3.35. The van der Waals surface area contributed by atoms with Gasteiger partial charge in [-0.15, -0.1) is 0 Å². The summed E-state index contributed by atoms with van der Waals surface area (Å²) in [7, 11) is 0. The van der Waals surface area contributed by atoms with Crippen molar-refractivity contribution in [1.29, 1.82) is 0 Å². The van der Waals surface area contributed by atoms with Gasteiger partial charge in [-0.05, 0) is 79.7 Å². The van der Waals surface area contributed by atoms with E-state index in [2.05, 4.69) is 10.6 Å². The fourth-order valence-electron chi connectivity index (χ4n) is 3.15. The topological polar surface area (TPSA) is 89.8 Å². The molecule has 34 heavy (non-hydrogen) atoms. The summed E-state index contributed by atoms with van der Waals surface area (Å²) in [6, 6.07) is 26.4. The third kappa shape index (κ3) is 6.04. The third-order valence-corrected chi connectivity index (χ3v) is 4.84. The van der Waals surface area contributed by atoms with E-state index in [0.717, 1.165) is 11.5 Å². The SMILES string of the molecule is CCOc1ccc(NC(=O)c2ccc(NC(=O)c3ccc(COc4ccccc4)o3)cc2)cc1. The summed E-state index contributed by atoms with van der Waals surface area (Å²) in [5.41, 5.74) is 1.67. The molecule has 0 saturated carbocycles. The van der Waals surface area contributed by atoms with Crippen LogP contribution in [0.1, 0.15) is 33.6 Å². The number of hydrogen-bond donors (Lipinski definition) is 2. The lowest BCUT2D eigenvalue weighted by atomic mass is 10.2. The van der Waals surface area contributed by atoms with Crippen LogP contribution in [0.4, 0.5) is 11.4 Å². The first-order chi connectivity index (χ1) is 16.6. The normalized spacial score (nSPS) is 10.4. The van der Waals surface area contributed by atoms with Crippen molar-refractivity contribution in [2.45, 2.75) is 13.5 Å². The second kappa shape index (κ2) is 10.9. The highest BCUT2D eigenvalue weighted by Crippen LogP contribution is 2.18. The molecular weight excluding hydrogens is 432 g/mol. The minimum Gasteiger partial charge on any atom is -0.494 e. The molecule has 1 heterocycles. The Morgan fingerprint density at radius 3 is 2.00 bits per heavy atom. The minimum absolute atomic E-state index is 0.170. The van der Waals surface area contributed by atoms with Crippen molar-refractivity contribution >= 4 is 23.2 Å². The highest BCUT2D eigenvalue weighted by molar-refractivity contribution is 6.05. The third-order valence-electron chi connectivity index (χ3n) is 4.84. The van der Waals surface area contributed by atoms with Crippen molar-refractivity contribution in [2.75, 3.05) is 17.2 Å². The molecule has 0 unspecified atom stereocenters. The van der Waals surface area contributed by atoms with Crippen molar-refractivity contribution in [3.63, 3.8) is 0 Å². The maximum Gasteiger partial charge on any atom is 0.291 e. The molecule has 0 aliphatic carbocycles. The maximum absolute atomic E-state index is 12.5. The lowest BCUT2D eigenvalue weighted by Crippen LogP contribution is -2.13. The fourth-order valence-corrected chi connectivity index (χ4v) is 3.15. The molecule has 0 radical (unpaired) electrons. The van der Waals surface area contributed by atoms with E-state index in [1.165, 1.54) is 0 Å². The number of carbonyl (C=O) groups excluding carboxylic acids is 2. The highest BCUT2D eigenvalue weighted by Gasteiger charge is 2.13. The predicted octanol–water partition coefficient (Wildman–Crippen LogP) is 5.76. The van der Waals surface area contributed by atoms with Crippen molar-refractivity contribution in [2.24, 2.45) is 0 Å². The molecule has 0 spiro atoms. The van der Waals surface area contributed by atoms with E-state index in [-0.39, 0.29) is 18.3 Å². The molecule has 0 aliphatic rings. The molecule has 7 heteroatoms. The van der Waals surface area contributed by atoms with Gasteiger partial charge < -0.3 is 24.5 Å². The van der Waals surface area contributed by atoms with Crippen LogP contribution in [0.15, 0.2) is 95.4 Å². The van der Waals surface area contributed by atoms with Crippen LogP contribution in [0.5, 0.6) is 11.5 Å². The van der Waals surface area contributed by atoms with E-state index in [1.807, 2.05) is 37.3 Å². The van der Waals surface area contributed by atoms with E-state index in [0.29, 0.717) is 29.3 Å². The molecule has 0 aliphatic heterocycles. The number of amides is 2. The molecule has 0 saturated heterocycles. The minimum atomic E-state index is -0.391. The monoisotopic (exact) mass is 456 g/mol. The smallest absolute Gasteiger partial charge is 0.291 e. The van der Waals surface area contributed by atoms with E-state index >= 15 is 0 Å². The lowest BCUT2D eigenvalue weighted by Gasteiger charge is -2.08. The summed E-state index contributed by atoms with van der Waals surface area (Å²) in [6.45, 7) is 2.71. The Bertz CT molecular complexity index is 1230. The summed E-state index contributed by atoms with van der Waals surface area (Å²) in [4.78, 5) is 25.0. The molecule has 172 valence electrons. The van der Waals surface area contributed by atoms with Crippen LogP contribution in [0.2, 0.25) is 0 Å². The van der Waals surface area contributed by atoms with Gasteiger partial charge in [-0.2, -0.15) is 0 Å². The van der Waals surface area contributed by atoms with Gasteiger partial charge in [0.15, 0.2) is 5.76 Å². The first-order valence-corrected chi connectivity index (χ1v) is 10.8. The van der Waals surface area contributed by atoms with Crippen LogP contribution in [-0.2, 0) is 6.61 Å². The van der Waals surface area contributed by atoms with Crippen molar-refractivity contribution < 1.29 is 23.5 Å². The van der Waals surface area contributed by atoms with Gasteiger partial charge in [0.2, 0.25) is 0 Å². The van der Waals surface area contributed by atoms with E-state index in [9.17, 15) is 9.59 Å². The second-order valence-electron chi connectivity index (χ2n) is 7.31. The van der Waals surface area contributed by atoms with Gasteiger partial charge in [0, 0.05) is 16.9 Å². The predicted molar refractivity (Wildman–Crippen MR) is 129 cm³/mol. The van der Waals surface area contributed by atoms with Crippen LogP contribution in [0.3, 0.4) is 0 Å². The molecule has 3 aromatic carbocycles. The summed E-state index contributed by atoms with van der Waals surface area (Å²) in [6.07, 6.45) is 0. The highest BCUT2D eigenvalue weighted by atomic mass is 16.5. The Hall–Kier alpha value is -4.52. The number of rotatable bonds is 9. The Labute approximate surface area is 197 Å². The summed E-state index contributed by atoms with van der Waals surface area (Å²) >= 11 is 0. The molecule has 2 N–H and O–H groups in total. The summed E-state index contributed by atoms with van der Waals surface area (Å²) < 4.78 is 16.6. The molecule has 4 rings (SSSR count). The molecular formula is C27H24N2O5. The Balaban J connectivity index is 1.30. The van der Waals surface area contributed by atoms with Crippen LogP contribution < -0.4 is 20.1 Å². The van der Waals surface area contributed by atoms with Crippen LogP contribution in [0, 0.1) is 0 Å². The number of hydrogen-bond acceptors (Lipinski definition) is 5. The van der Waals surface area contributed by atoms with Crippen LogP contribution >= 0.6 is 0 Å². The van der Waals surface area contributed by atoms with Crippen molar-refractivity contribution in [3.05, 3.63) is 108 Å². The number of benzene rings is 3. The van der Waals surface area contributed by atoms with Gasteiger partial charge >= 0.3 is 0 Å². The van der Waals surface area contributed by atoms with Crippen LogP contribution in [0.25, 0.3) is 0 Å². The van der Waals surface area contributed by atoms with Gasteiger partial charge in [-0.25, -0.2) is 0 Å². The molecule has 7 nitrogen and oxygen atoms in total. The zero-order chi connectivity index (χ0) is 23.8. The standard InChI is InChI=1S/C27H24N2O5/c1-2-32-23-14-12-21(13-15-23)28-26(30)19-8-10-20(11-9-19)29-27(31)25-17-16-24(34-25)18-33-22-6-4-3-5-7-22/h3-17H,2,18H2,1H3,(H,28,30)(H,29,31). The molecule has 1 aromatic heterocycles. The first-order valence-electron chi connectivity index (χ1n) is 10.8. The summed E-state index contributed by atoms with van der Waals surface area (Å²) in [5, 5.41) is 5.59. The number of furan rings is 1. The largest absolute Gasteiger partial charge is 0.494 e. The first kappa shape index (κ1) is 22.7. The van der Waals surface area contributed by atoms with Crippen molar-refractivity contribution in [1.82, 2.24) is 0 Å². The lowest BCUT2D eigenvalue weighted by molar-refractivity contribution is 0.0991.